The SMILES string of the molecule is CC(=O)NCCC(=O)OC1c2ccccc2-c2ccccc21. The van der Waals surface area contributed by atoms with E-state index in [1.807, 2.05) is 48.5 Å². The van der Waals surface area contributed by atoms with E-state index in [0.29, 0.717) is 6.54 Å². The van der Waals surface area contributed by atoms with Gasteiger partial charge in [-0.3, -0.25) is 9.59 Å². The lowest BCUT2D eigenvalue weighted by molar-refractivity contribution is -0.147. The second-order valence-corrected chi connectivity index (χ2v) is 5.28. The molecule has 1 aliphatic rings. The molecule has 0 saturated heterocycles. The molecule has 2 aromatic carbocycles. The molecule has 2 aromatic rings. The van der Waals surface area contributed by atoms with E-state index in [2.05, 4.69) is 5.32 Å². The fraction of sp³-hybridized carbons (Fsp3) is 0.222. The van der Waals surface area contributed by atoms with Gasteiger partial charge >= 0.3 is 5.97 Å². The number of carbonyl (C=O) groups is 2. The summed E-state index contributed by atoms with van der Waals surface area (Å²) in [6, 6.07) is 15.9. The topological polar surface area (TPSA) is 55.4 Å². The lowest BCUT2D eigenvalue weighted by atomic mass is 10.1. The molecule has 4 nitrogen and oxygen atoms in total. The number of ether oxygens (including phenoxy) is 1. The van der Waals surface area contributed by atoms with Crippen molar-refractivity contribution >= 4 is 11.9 Å². The maximum Gasteiger partial charge on any atom is 0.308 e. The number of esters is 1. The molecule has 0 aliphatic heterocycles. The Morgan fingerprint density at radius 2 is 1.55 bits per heavy atom. The Balaban J connectivity index is 1.79. The first-order valence-corrected chi connectivity index (χ1v) is 7.29. The number of benzene rings is 2. The van der Waals surface area contributed by atoms with Gasteiger partial charge in [0.2, 0.25) is 5.91 Å². The Morgan fingerprint density at radius 3 is 2.09 bits per heavy atom. The van der Waals surface area contributed by atoms with E-state index in [9.17, 15) is 9.59 Å². The molecule has 0 bridgehead atoms. The van der Waals surface area contributed by atoms with Crippen LogP contribution in [-0.4, -0.2) is 18.4 Å². The van der Waals surface area contributed by atoms with Crippen LogP contribution < -0.4 is 5.32 Å². The van der Waals surface area contributed by atoms with E-state index in [4.69, 9.17) is 4.74 Å². The summed E-state index contributed by atoms with van der Waals surface area (Å²) in [5.74, 6) is -0.463. The van der Waals surface area contributed by atoms with Gasteiger partial charge < -0.3 is 10.1 Å². The van der Waals surface area contributed by atoms with Crippen molar-refractivity contribution in [3.8, 4) is 11.1 Å². The van der Waals surface area contributed by atoms with Crippen molar-refractivity contribution in [3.05, 3.63) is 59.7 Å². The summed E-state index contributed by atoms with van der Waals surface area (Å²) in [5.41, 5.74) is 4.24. The van der Waals surface area contributed by atoms with E-state index in [1.54, 1.807) is 0 Å². The van der Waals surface area contributed by atoms with Gasteiger partial charge in [-0.2, -0.15) is 0 Å². The third-order valence-electron chi connectivity index (χ3n) is 3.73. The van der Waals surface area contributed by atoms with Gasteiger partial charge in [0.15, 0.2) is 6.10 Å². The number of carbonyl (C=O) groups excluding carboxylic acids is 2. The van der Waals surface area contributed by atoms with Gasteiger partial charge in [-0.15, -0.1) is 0 Å². The van der Waals surface area contributed by atoms with Crippen molar-refractivity contribution in [2.75, 3.05) is 6.54 Å². The maximum atomic E-state index is 12.0. The molecule has 1 amide bonds. The largest absolute Gasteiger partial charge is 0.452 e. The van der Waals surface area contributed by atoms with Gasteiger partial charge in [0.05, 0.1) is 6.42 Å². The molecule has 0 heterocycles. The zero-order chi connectivity index (χ0) is 15.5. The van der Waals surface area contributed by atoms with Gasteiger partial charge in [-0.05, 0) is 11.1 Å². The predicted octanol–water partition coefficient (Wildman–Crippen LogP) is 2.83. The molecule has 22 heavy (non-hydrogen) atoms. The fourth-order valence-corrected chi connectivity index (χ4v) is 2.77. The monoisotopic (exact) mass is 295 g/mol. The molecule has 112 valence electrons. The van der Waals surface area contributed by atoms with Crippen LogP contribution in [0.25, 0.3) is 11.1 Å². The number of amides is 1. The number of hydrogen-bond donors (Lipinski definition) is 1. The summed E-state index contributed by atoms with van der Waals surface area (Å²) in [6.07, 6.45) is -0.197. The average Bonchev–Trinajstić information content (AvgIpc) is 2.82. The Kier molecular flexibility index (Phi) is 3.92. The molecule has 4 heteroatoms. The molecule has 1 N–H and O–H groups in total. The molecule has 0 spiro atoms. The predicted molar refractivity (Wildman–Crippen MR) is 83.1 cm³/mol. The van der Waals surface area contributed by atoms with Crippen molar-refractivity contribution in [2.24, 2.45) is 0 Å². The quantitative estimate of drug-likeness (QED) is 0.882. The summed E-state index contributed by atoms with van der Waals surface area (Å²) < 4.78 is 5.66. The van der Waals surface area contributed by atoms with Gasteiger partial charge in [0, 0.05) is 24.6 Å². The van der Waals surface area contributed by atoms with Crippen LogP contribution in [-0.2, 0) is 14.3 Å². The second kappa shape index (κ2) is 6.02. The van der Waals surface area contributed by atoms with Crippen LogP contribution in [0.15, 0.2) is 48.5 Å². The first-order valence-electron chi connectivity index (χ1n) is 7.29. The zero-order valence-electron chi connectivity index (χ0n) is 12.3. The minimum Gasteiger partial charge on any atom is -0.452 e. The number of rotatable bonds is 4. The number of nitrogens with one attached hydrogen (secondary N) is 1. The molecule has 0 atom stereocenters. The van der Waals surface area contributed by atoms with Crippen LogP contribution in [0, 0.1) is 0 Å². The smallest absolute Gasteiger partial charge is 0.308 e. The van der Waals surface area contributed by atoms with Gasteiger partial charge in [0.1, 0.15) is 0 Å². The molecule has 0 aromatic heterocycles. The van der Waals surface area contributed by atoms with Gasteiger partial charge in [-0.1, -0.05) is 48.5 Å². The third-order valence-corrected chi connectivity index (χ3v) is 3.73. The van der Waals surface area contributed by atoms with E-state index in [0.717, 1.165) is 22.3 Å². The molecule has 0 fully saturated rings. The normalized spacial score (nSPS) is 12.4. The van der Waals surface area contributed by atoms with Crippen LogP contribution in [0.5, 0.6) is 0 Å². The summed E-state index contributed by atoms with van der Waals surface area (Å²) in [5, 5.41) is 2.60. The second-order valence-electron chi connectivity index (χ2n) is 5.28. The Labute approximate surface area is 129 Å². The Bertz CT molecular complexity index is 678. The molecule has 3 rings (SSSR count). The average molecular weight is 295 g/mol. The van der Waals surface area contributed by atoms with Gasteiger partial charge in [-0.25, -0.2) is 0 Å². The van der Waals surface area contributed by atoms with Crippen LogP contribution in [0.2, 0.25) is 0 Å². The molecule has 0 unspecified atom stereocenters. The number of fused-ring (bicyclic) bond motifs is 3. The highest BCUT2D eigenvalue weighted by molar-refractivity contribution is 5.80. The highest BCUT2D eigenvalue weighted by Gasteiger charge is 2.30. The molecule has 0 radical (unpaired) electrons. The summed E-state index contributed by atoms with van der Waals surface area (Å²) >= 11 is 0. The highest BCUT2D eigenvalue weighted by atomic mass is 16.5. The third kappa shape index (κ3) is 2.72. The number of hydrogen-bond acceptors (Lipinski definition) is 3. The van der Waals surface area contributed by atoms with Crippen molar-refractivity contribution in [1.82, 2.24) is 5.32 Å². The summed E-state index contributed by atoms with van der Waals surface area (Å²) in [7, 11) is 0. The van der Waals surface area contributed by atoms with E-state index in [1.165, 1.54) is 6.92 Å². The standard InChI is InChI=1S/C18H17NO3/c1-12(20)19-11-10-17(21)22-18-15-8-4-2-6-13(15)14-7-3-5-9-16(14)18/h2-9,18H,10-11H2,1H3,(H,19,20). The van der Waals surface area contributed by atoms with Crippen molar-refractivity contribution in [2.45, 2.75) is 19.4 Å². The van der Waals surface area contributed by atoms with Crippen molar-refractivity contribution < 1.29 is 14.3 Å². The molecular weight excluding hydrogens is 278 g/mol. The molecule has 0 saturated carbocycles. The van der Waals surface area contributed by atoms with Crippen LogP contribution in [0.3, 0.4) is 0 Å². The van der Waals surface area contributed by atoms with Crippen LogP contribution >= 0.6 is 0 Å². The Morgan fingerprint density at radius 1 is 1.00 bits per heavy atom. The minimum atomic E-state index is -0.364. The Hall–Kier alpha value is -2.62. The minimum absolute atomic E-state index is 0.149. The fourth-order valence-electron chi connectivity index (χ4n) is 2.77. The van der Waals surface area contributed by atoms with E-state index < -0.39 is 0 Å². The zero-order valence-corrected chi connectivity index (χ0v) is 12.3. The molecular formula is C18H17NO3. The highest BCUT2D eigenvalue weighted by Crippen LogP contribution is 2.45. The van der Waals surface area contributed by atoms with Crippen molar-refractivity contribution in [1.29, 1.82) is 0 Å². The lowest BCUT2D eigenvalue weighted by Crippen LogP contribution is -2.24. The summed E-state index contributed by atoms with van der Waals surface area (Å²) in [6.45, 7) is 1.72. The van der Waals surface area contributed by atoms with Crippen LogP contribution in [0.4, 0.5) is 0 Å². The van der Waals surface area contributed by atoms with E-state index in [-0.39, 0.29) is 24.4 Å². The lowest BCUT2D eigenvalue weighted by Gasteiger charge is -2.15. The first kappa shape index (κ1) is 14.3. The molecule has 1 aliphatic carbocycles. The van der Waals surface area contributed by atoms with Crippen molar-refractivity contribution in [3.63, 3.8) is 0 Å². The maximum absolute atomic E-state index is 12.0. The summed E-state index contributed by atoms with van der Waals surface area (Å²) in [4.78, 5) is 22.9. The first-order chi connectivity index (χ1) is 10.7. The van der Waals surface area contributed by atoms with Crippen LogP contribution in [0.1, 0.15) is 30.6 Å². The van der Waals surface area contributed by atoms with E-state index >= 15 is 0 Å². The van der Waals surface area contributed by atoms with Gasteiger partial charge in [0.25, 0.3) is 0 Å².